The molecule has 2 saturated carbocycles. The number of benzene rings is 4. The number of aryl methyl sites for hydroxylation is 4. The Morgan fingerprint density at radius 3 is 1.19 bits per heavy atom. The molecule has 0 saturated heterocycles. The Morgan fingerprint density at radius 1 is 0.426 bits per heavy atom. The Bertz CT molecular complexity index is 1630. The summed E-state index contributed by atoms with van der Waals surface area (Å²) in [5, 5.41) is 44.0. The van der Waals surface area contributed by atoms with Gasteiger partial charge in [-0.15, -0.1) is 0 Å². The number of hydrogen-bond donors (Lipinski definition) is 4. The molecule has 0 amide bonds. The van der Waals surface area contributed by atoms with E-state index in [0.717, 1.165) is 92.4 Å². The lowest BCUT2D eigenvalue weighted by Gasteiger charge is -2.24. The van der Waals surface area contributed by atoms with Crippen LogP contribution in [0.25, 0.3) is 0 Å². The standard InChI is InChI=1S/C43H52O4/c1-26-17-40(44)38(32-11-7-5-8-12-32)24-34(26)22-36-20-30(15-28(3)42(36)46)19-31-16-29(4)43(47)37(21-31)23-35-25-39(41(45)18-27(35)2)33-13-9-6-10-14-33/h15-18,20-21,24-25,32-33,44-47H,5-14,19,22-23H2,1-4H3. The Labute approximate surface area is 281 Å². The van der Waals surface area contributed by atoms with Crippen molar-refractivity contribution in [2.45, 2.75) is 123 Å². The zero-order valence-corrected chi connectivity index (χ0v) is 28.8. The van der Waals surface area contributed by atoms with Gasteiger partial charge < -0.3 is 20.4 Å². The lowest BCUT2D eigenvalue weighted by molar-refractivity contribution is 0.413. The lowest BCUT2D eigenvalue weighted by Crippen LogP contribution is -2.06. The minimum Gasteiger partial charge on any atom is -0.508 e. The van der Waals surface area contributed by atoms with Crippen LogP contribution < -0.4 is 0 Å². The number of aromatic hydroxyl groups is 4. The molecular weight excluding hydrogens is 580 g/mol. The zero-order valence-electron chi connectivity index (χ0n) is 28.8. The number of phenols is 4. The third-order valence-electron chi connectivity index (χ3n) is 11.1. The van der Waals surface area contributed by atoms with Crippen molar-refractivity contribution >= 4 is 0 Å². The van der Waals surface area contributed by atoms with Crippen molar-refractivity contribution < 1.29 is 20.4 Å². The van der Waals surface area contributed by atoms with Gasteiger partial charge in [0.2, 0.25) is 0 Å². The fourth-order valence-corrected chi connectivity index (χ4v) is 8.36. The monoisotopic (exact) mass is 632 g/mol. The summed E-state index contributed by atoms with van der Waals surface area (Å²) in [6.07, 6.45) is 13.8. The van der Waals surface area contributed by atoms with Gasteiger partial charge in [0, 0.05) is 12.8 Å². The Kier molecular flexibility index (Phi) is 9.87. The maximum absolute atomic E-state index is 11.2. The molecule has 4 aromatic rings. The molecule has 0 radical (unpaired) electrons. The van der Waals surface area contributed by atoms with E-state index in [1.807, 2.05) is 39.8 Å². The van der Waals surface area contributed by atoms with E-state index in [1.54, 1.807) is 0 Å². The highest BCUT2D eigenvalue weighted by Crippen LogP contribution is 2.41. The van der Waals surface area contributed by atoms with Gasteiger partial charge in [0.05, 0.1) is 0 Å². The van der Waals surface area contributed by atoms with Crippen LogP contribution in [-0.4, -0.2) is 20.4 Å². The van der Waals surface area contributed by atoms with Crippen LogP contribution in [0, 0.1) is 27.7 Å². The summed E-state index contributed by atoms with van der Waals surface area (Å²) < 4.78 is 0. The molecule has 2 aliphatic rings. The van der Waals surface area contributed by atoms with Gasteiger partial charge in [-0.1, -0.05) is 74.9 Å². The van der Waals surface area contributed by atoms with E-state index in [9.17, 15) is 20.4 Å². The van der Waals surface area contributed by atoms with Gasteiger partial charge in [0.1, 0.15) is 23.0 Å². The molecule has 0 atom stereocenters. The third-order valence-corrected chi connectivity index (χ3v) is 11.1. The molecule has 248 valence electrons. The minimum absolute atomic E-state index is 0.333. The summed E-state index contributed by atoms with van der Waals surface area (Å²) in [6, 6.07) is 16.6. The van der Waals surface area contributed by atoms with Crippen molar-refractivity contribution in [1.29, 1.82) is 0 Å². The van der Waals surface area contributed by atoms with E-state index in [2.05, 4.69) is 36.4 Å². The van der Waals surface area contributed by atoms with Crippen molar-refractivity contribution in [1.82, 2.24) is 0 Å². The van der Waals surface area contributed by atoms with E-state index in [0.29, 0.717) is 54.1 Å². The Hall–Kier alpha value is -3.92. The first-order valence-electron chi connectivity index (χ1n) is 17.8. The van der Waals surface area contributed by atoms with Crippen molar-refractivity contribution in [2.24, 2.45) is 0 Å². The molecule has 4 heteroatoms. The van der Waals surface area contributed by atoms with Crippen LogP contribution in [0.15, 0.2) is 48.5 Å². The predicted octanol–water partition coefficient (Wildman–Crippen LogP) is 10.6. The normalized spacial score (nSPS) is 16.1. The van der Waals surface area contributed by atoms with Crippen molar-refractivity contribution in [3.05, 3.63) is 115 Å². The number of hydrogen-bond acceptors (Lipinski definition) is 4. The summed E-state index contributed by atoms with van der Waals surface area (Å²) in [5.74, 6) is 2.28. The van der Waals surface area contributed by atoms with Crippen LogP contribution in [0.4, 0.5) is 0 Å². The summed E-state index contributed by atoms with van der Waals surface area (Å²) in [4.78, 5) is 0. The Balaban J connectivity index is 1.27. The van der Waals surface area contributed by atoms with Gasteiger partial charge in [-0.3, -0.25) is 0 Å². The molecule has 0 unspecified atom stereocenters. The SMILES string of the molecule is Cc1cc(O)c(C2CCCCC2)cc1Cc1cc(Cc2cc(C)c(O)c(Cc3cc(C4CCCCC4)c(O)cc3C)c2)cc(C)c1O. The molecule has 6 rings (SSSR count). The van der Waals surface area contributed by atoms with Crippen molar-refractivity contribution in [3.8, 4) is 23.0 Å². The molecule has 2 aliphatic carbocycles. The van der Waals surface area contributed by atoms with Gasteiger partial charge in [0.25, 0.3) is 0 Å². The number of rotatable bonds is 8. The predicted molar refractivity (Wildman–Crippen MR) is 191 cm³/mol. The van der Waals surface area contributed by atoms with Crippen LogP contribution >= 0.6 is 0 Å². The molecule has 0 aromatic heterocycles. The van der Waals surface area contributed by atoms with Gasteiger partial charge >= 0.3 is 0 Å². The van der Waals surface area contributed by atoms with E-state index in [-0.39, 0.29) is 0 Å². The minimum atomic E-state index is 0.333. The van der Waals surface area contributed by atoms with Crippen LogP contribution in [0.5, 0.6) is 23.0 Å². The first-order chi connectivity index (χ1) is 22.6. The first-order valence-corrected chi connectivity index (χ1v) is 17.8. The second-order valence-electron chi connectivity index (χ2n) is 14.7. The highest BCUT2D eigenvalue weighted by molar-refractivity contribution is 5.53. The smallest absolute Gasteiger partial charge is 0.122 e. The van der Waals surface area contributed by atoms with Crippen LogP contribution in [0.2, 0.25) is 0 Å². The van der Waals surface area contributed by atoms with E-state index in [1.165, 1.54) is 38.5 Å². The molecule has 0 spiro atoms. The van der Waals surface area contributed by atoms with E-state index >= 15 is 0 Å². The molecule has 4 nitrogen and oxygen atoms in total. The molecule has 0 heterocycles. The topological polar surface area (TPSA) is 80.9 Å². The maximum Gasteiger partial charge on any atom is 0.122 e. The highest BCUT2D eigenvalue weighted by atomic mass is 16.3. The molecular formula is C43H52O4. The van der Waals surface area contributed by atoms with Crippen molar-refractivity contribution in [3.63, 3.8) is 0 Å². The summed E-state index contributed by atoms with van der Waals surface area (Å²) in [5.41, 5.74) is 12.2. The van der Waals surface area contributed by atoms with Crippen LogP contribution in [0.3, 0.4) is 0 Å². The van der Waals surface area contributed by atoms with Crippen LogP contribution in [-0.2, 0) is 19.3 Å². The molecule has 0 bridgehead atoms. The zero-order chi connectivity index (χ0) is 33.2. The van der Waals surface area contributed by atoms with Crippen molar-refractivity contribution in [2.75, 3.05) is 0 Å². The highest BCUT2D eigenvalue weighted by Gasteiger charge is 2.22. The van der Waals surface area contributed by atoms with Gasteiger partial charge in [0.15, 0.2) is 0 Å². The lowest BCUT2D eigenvalue weighted by atomic mass is 9.82. The second kappa shape index (κ2) is 14.1. The molecule has 2 fully saturated rings. The summed E-state index contributed by atoms with van der Waals surface area (Å²) in [7, 11) is 0. The van der Waals surface area contributed by atoms with E-state index in [4.69, 9.17) is 0 Å². The molecule has 4 N–H and O–H groups in total. The largest absolute Gasteiger partial charge is 0.508 e. The fourth-order valence-electron chi connectivity index (χ4n) is 8.36. The average Bonchev–Trinajstić information content (AvgIpc) is 3.05. The summed E-state index contributed by atoms with van der Waals surface area (Å²) in [6.45, 7) is 8.01. The first kappa shape index (κ1) is 33.0. The molecule has 0 aliphatic heterocycles. The number of phenolic OH excluding ortho intramolecular Hbond substituents is 4. The van der Waals surface area contributed by atoms with Gasteiger partial charge in [-0.25, -0.2) is 0 Å². The van der Waals surface area contributed by atoms with E-state index < -0.39 is 0 Å². The van der Waals surface area contributed by atoms with Gasteiger partial charge in [-0.05, 0) is 151 Å². The summed E-state index contributed by atoms with van der Waals surface area (Å²) >= 11 is 0. The quantitative estimate of drug-likeness (QED) is 0.156. The average molecular weight is 633 g/mol. The second-order valence-corrected chi connectivity index (χ2v) is 14.7. The molecule has 4 aromatic carbocycles. The van der Waals surface area contributed by atoms with Crippen LogP contribution in [0.1, 0.15) is 143 Å². The van der Waals surface area contributed by atoms with Gasteiger partial charge in [-0.2, -0.15) is 0 Å². The third kappa shape index (κ3) is 7.32. The molecule has 47 heavy (non-hydrogen) atoms. The fraction of sp³-hybridized carbons (Fsp3) is 0.442. The Morgan fingerprint density at radius 2 is 0.809 bits per heavy atom. The maximum atomic E-state index is 11.2.